The molecule has 0 aliphatic rings. The third-order valence-corrected chi connectivity index (χ3v) is 2.95. The van der Waals surface area contributed by atoms with Crippen molar-refractivity contribution >= 4 is 11.6 Å². The standard InChI is InChI=1S/C14H22N2O2/c1-5-16(9-14(18)15(3)4)13-7-6-11(2)8-12(13)10-17/h6-8,17H,5,9-10H2,1-4H3. The fraction of sp³-hybridized carbons (Fsp3) is 0.500. The highest BCUT2D eigenvalue weighted by atomic mass is 16.3. The van der Waals surface area contributed by atoms with Crippen molar-refractivity contribution in [3.63, 3.8) is 0 Å². The van der Waals surface area contributed by atoms with Crippen molar-refractivity contribution < 1.29 is 9.90 Å². The third kappa shape index (κ3) is 3.47. The van der Waals surface area contributed by atoms with Gasteiger partial charge in [-0.15, -0.1) is 0 Å². The number of benzene rings is 1. The number of aliphatic hydroxyl groups is 1. The molecule has 0 fully saturated rings. The number of aliphatic hydroxyl groups excluding tert-OH is 1. The van der Waals surface area contributed by atoms with Crippen LogP contribution in [0.15, 0.2) is 18.2 Å². The van der Waals surface area contributed by atoms with Crippen LogP contribution in [0.5, 0.6) is 0 Å². The monoisotopic (exact) mass is 250 g/mol. The van der Waals surface area contributed by atoms with Gasteiger partial charge in [0.2, 0.25) is 5.91 Å². The Bertz CT molecular complexity index is 416. The molecule has 0 aromatic heterocycles. The van der Waals surface area contributed by atoms with E-state index in [1.807, 2.05) is 36.9 Å². The van der Waals surface area contributed by atoms with Crippen LogP contribution < -0.4 is 4.90 Å². The Morgan fingerprint density at radius 1 is 1.33 bits per heavy atom. The van der Waals surface area contributed by atoms with Crippen LogP contribution in [0.1, 0.15) is 18.1 Å². The van der Waals surface area contributed by atoms with Gasteiger partial charge in [0, 0.05) is 31.9 Å². The van der Waals surface area contributed by atoms with E-state index in [4.69, 9.17) is 0 Å². The van der Waals surface area contributed by atoms with Crippen LogP contribution in [-0.4, -0.2) is 43.1 Å². The second-order valence-electron chi connectivity index (χ2n) is 4.59. The van der Waals surface area contributed by atoms with E-state index in [1.165, 1.54) is 0 Å². The van der Waals surface area contributed by atoms with Crippen LogP contribution in [0.25, 0.3) is 0 Å². The molecule has 0 saturated carbocycles. The molecule has 4 nitrogen and oxygen atoms in total. The van der Waals surface area contributed by atoms with E-state index < -0.39 is 0 Å². The maximum Gasteiger partial charge on any atom is 0.241 e. The summed E-state index contributed by atoms with van der Waals surface area (Å²) in [5.74, 6) is 0.0568. The quantitative estimate of drug-likeness (QED) is 0.859. The number of hydrogen-bond acceptors (Lipinski definition) is 3. The Labute approximate surface area is 109 Å². The van der Waals surface area contributed by atoms with Crippen LogP contribution in [0, 0.1) is 6.92 Å². The van der Waals surface area contributed by atoms with Gasteiger partial charge in [-0.2, -0.15) is 0 Å². The number of amides is 1. The zero-order chi connectivity index (χ0) is 13.7. The molecule has 0 unspecified atom stereocenters. The van der Waals surface area contributed by atoms with E-state index in [-0.39, 0.29) is 12.5 Å². The van der Waals surface area contributed by atoms with Gasteiger partial charge >= 0.3 is 0 Å². The lowest BCUT2D eigenvalue weighted by molar-refractivity contribution is -0.127. The van der Waals surface area contributed by atoms with Gasteiger partial charge in [0.1, 0.15) is 0 Å². The maximum atomic E-state index is 11.8. The van der Waals surface area contributed by atoms with Crippen LogP contribution in [0.2, 0.25) is 0 Å². The van der Waals surface area contributed by atoms with Gasteiger partial charge in [0.05, 0.1) is 13.2 Å². The smallest absolute Gasteiger partial charge is 0.241 e. The molecule has 100 valence electrons. The van der Waals surface area contributed by atoms with E-state index in [2.05, 4.69) is 0 Å². The van der Waals surface area contributed by atoms with Gasteiger partial charge in [-0.3, -0.25) is 4.79 Å². The van der Waals surface area contributed by atoms with E-state index >= 15 is 0 Å². The molecule has 0 spiro atoms. The van der Waals surface area contributed by atoms with Gasteiger partial charge in [-0.1, -0.05) is 17.7 Å². The number of carbonyl (C=O) groups is 1. The summed E-state index contributed by atoms with van der Waals surface area (Å²) in [6.45, 7) is 5.05. The first-order valence-corrected chi connectivity index (χ1v) is 6.15. The Morgan fingerprint density at radius 2 is 2.00 bits per heavy atom. The summed E-state index contributed by atoms with van der Waals surface area (Å²) < 4.78 is 0. The summed E-state index contributed by atoms with van der Waals surface area (Å²) >= 11 is 0. The molecular formula is C14H22N2O2. The molecule has 1 amide bonds. The Kier molecular flexibility index (Phi) is 5.16. The summed E-state index contributed by atoms with van der Waals surface area (Å²) in [5.41, 5.74) is 2.90. The Morgan fingerprint density at radius 3 is 2.50 bits per heavy atom. The van der Waals surface area contributed by atoms with Crippen molar-refractivity contribution in [2.75, 3.05) is 32.1 Å². The number of anilines is 1. The summed E-state index contributed by atoms with van der Waals surface area (Å²) in [7, 11) is 3.50. The number of hydrogen-bond donors (Lipinski definition) is 1. The van der Waals surface area contributed by atoms with Crippen molar-refractivity contribution in [1.29, 1.82) is 0 Å². The molecule has 0 atom stereocenters. The zero-order valence-corrected chi connectivity index (χ0v) is 11.6. The molecule has 1 rings (SSSR count). The van der Waals surface area contributed by atoms with Gasteiger partial charge in [0.15, 0.2) is 0 Å². The van der Waals surface area contributed by atoms with E-state index in [0.29, 0.717) is 6.54 Å². The van der Waals surface area contributed by atoms with Crippen LogP contribution >= 0.6 is 0 Å². The van der Waals surface area contributed by atoms with Crippen LogP contribution in [0.3, 0.4) is 0 Å². The first kappa shape index (κ1) is 14.5. The minimum Gasteiger partial charge on any atom is -0.392 e. The molecular weight excluding hydrogens is 228 g/mol. The van der Waals surface area contributed by atoms with Gasteiger partial charge in [0.25, 0.3) is 0 Å². The second-order valence-corrected chi connectivity index (χ2v) is 4.59. The normalized spacial score (nSPS) is 10.3. The number of nitrogens with zero attached hydrogens (tertiary/aromatic N) is 2. The average Bonchev–Trinajstić information content (AvgIpc) is 2.35. The second kappa shape index (κ2) is 6.40. The number of aryl methyl sites for hydroxylation is 1. The van der Waals surface area contributed by atoms with Crippen molar-refractivity contribution in [3.8, 4) is 0 Å². The van der Waals surface area contributed by atoms with Crippen molar-refractivity contribution in [2.45, 2.75) is 20.5 Å². The van der Waals surface area contributed by atoms with Crippen LogP contribution in [0.4, 0.5) is 5.69 Å². The molecule has 0 saturated heterocycles. The molecule has 1 aromatic rings. The van der Waals surface area contributed by atoms with E-state index in [9.17, 15) is 9.90 Å². The molecule has 1 aromatic carbocycles. The molecule has 0 radical (unpaired) electrons. The fourth-order valence-electron chi connectivity index (χ4n) is 1.82. The van der Waals surface area contributed by atoms with Crippen molar-refractivity contribution in [3.05, 3.63) is 29.3 Å². The van der Waals surface area contributed by atoms with Crippen molar-refractivity contribution in [1.82, 2.24) is 4.90 Å². The molecule has 1 N–H and O–H groups in total. The minimum atomic E-state index is -0.0102. The third-order valence-electron chi connectivity index (χ3n) is 2.95. The topological polar surface area (TPSA) is 43.8 Å². The number of likely N-dealkylation sites (N-methyl/N-ethyl adjacent to an activating group) is 2. The van der Waals surface area contributed by atoms with E-state index in [0.717, 1.165) is 23.4 Å². The predicted octanol–water partition coefficient (Wildman–Crippen LogP) is 1.40. The highest BCUT2D eigenvalue weighted by Crippen LogP contribution is 2.22. The predicted molar refractivity (Wildman–Crippen MR) is 73.7 cm³/mol. The summed E-state index contributed by atoms with van der Waals surface area (Å²) in [6.07, 6.45) is 0. The number of rotatable bonds is 5. The highest BCUT2D eigenvalue weighted by molar-refractivity contribution is 5.81. The Balaban J connectivity index is 2.98. The maximum absolute atomic E-state index is 11.8. The lowest BCUT2D eigenvalue weighted by atomic mass is 10.1. The summed E-state index contributed by atoms with van der Waals surface area (Å²) in [6, 6.07) is 5.92. The van der Waals surface area contributed by atoms with Gasteiger partial charge in [-0.05, 0) is 19.9 Å². The number of carbonyl (C=O) groups excluding carboxylic acids is 1. The van der Waals surface area contributed by atoms with E-state index in [1.54, 1.807) is 19.0 Å². The van der Waals surface area contributed by atoms with Crippen molar-refractivity contribution in [2.24, 2.45) is 0 Å². The molecule has 18 heavy (non-hydrogen) atoms. The first-order valence-electron chi connectivity index (χ1n) is 6.15. The zero-order valence-electron chi connectivity index (χ0n) is 11.6. The van der Waals surface area contributed by atoms with Crippen LogP contribution in [-0.2, 0) is 11.4 Å². The lowest BCUT2D eigenvalue weighted by Crippen LogP contribution is -2.37. The fourth-order valence-corrected chi connectivity index (χ4v) is 1.82. The average molecular weight is 250 g/mol. The molecule has 0 heterocycles. The molecule has 0 bridgehead atoms. The molecule has 4 heteroatoms. The lowest BCUT2D eigenvalue weighted by Gasteiger charge is -2.26. The first-order chi connectivity index (χ1) is 8.49. The largest absolute Gasteiger partial charge is 0.392 e. The molecule has 0 aliphatic carbocycles. The molecule has 0 aliphatic heterocycles. The Hall–Kier alpha value is -1.55. The summed E-state index contributed by atoms with van der Waals surface area (Å²) in [4.78, 5) is 15.3. The van der Waals surface area contributed by atoms with Gasteiger partial charge < -0.3 is 14.9 Å². The highest BCUT2D eigenvalue weighted by Gasteiger charge is 2.14. The summed E-state index contributed by atoms with van der Waals surface area (Å²) in [5, 5.41) is 9.41. The minimum absolute atomic E-state index is 0.0102. The van der Waals surface area contributed by atoms with Gasteiger partial charge in [-0.25, -0.2) is 0 Å². The SMILES string of the molecule is CCN(CC(=O)N(C)C)c1ccc(C)cc1CO.